The maximum Gasteiger partial charge on any atom is 0.322 e. The van der Waals surface area contributed by atoms with Gasteiger partial charge in [0.1, 0.15) is 0 Å². The quantitative estimate of drug-likeness (QED) is 0.775. The second kappa shape index (κ2) is 7.52. The fourth-order valence-electron chi connectivity index (χ4n) is 3.19. The van der Waals surface area contributed by atoms with Crippen LogP contribution in [0.4, 0.5) is 10.5 Å². The number of nitrogens with zero attached hydrogens (tertiary/aromatic N) is 2. The summed E-state index contributed by atoms with van der Waals surface area (Å²) in [4.78, 5) is 40.5. The van der Waals surface area contributed by atoms with Crippen LogP contribution >= 0.6 is 11.3 Å². The van der Waals surface area contributed by atoms with Gasteiger partial charge in [0.15, 0.2) is 0 Å². The van der Waals surface area contributed by atoms with E-state index >= 15 is 0 Å². The third-order valence-corrected chi connectivity index (χ3v) is 5.72. The van der Waals surface area contributed by atoms with E-state index in [0.29, 0.717) is 37.7 Å². The molecule has 4 rings (SSSR count). The molecule has 0 atom stereocenters. The van der Waals surface area contributed by atoms with E-state index in [9.17, 15) is 14.4 Å². The Bertz CT molecular complexity index is 828. The molecule has 1 aliphatic heterocycles. The van der Waals surface area contributed by atoms with Gasteiger partial charge in [-0.05, 0) is 42.0 Å². The van der Waals surface area contributed by atoms with Crippen molar-refractivity contribution in [3.05, 3.63) is 52.2 Å². The van der Waals surface area contributed by atoms with Crippen molar-refractivity contribution in [3.63, 3.8) is 0 Å². The summed E-state index contributed by atoms with van der Waals surface area (Å²) in [6, 6.07) is 11.6. The van der Waals surface area contributed by atoms with Gasteiger partial charge in [-0.25, -0.2) is 4.79 Å². The highest BCUT2D eigenvalue weighted by Gasteiger charge is 2.33. The molecule has 0 radical (unpaired) electrons. The monoisotopic (exact) mass is 383 g/mol. The highest BCUT2D eigenvalue weighted by molar-refractivity contribution is 7.09. The van der Waals surface area contributed by atoms with Crippen LogP contribution in [-0.4, -0.2) is 33.7 Å². The molecule has 27 heavy (non-hydrogen) atoms. The molecule has 1 saturated heterocycles. The van der Waals surface area contributed by atoms with Crippen LogP contribution in [0.15, 0.2) is 41.8 Å². The van der Waals surface area contributed by atoms with Crippen molar-refractivity contribution in [3.8, 4) is 0 Å². The first kappa shape index (κ1) is 17.7. The second-order valence-electron chi connectivity index (χ2n) is 6.94. The van der Waals surface area contributed by atoms with E-state index in [0.717, 1.165) is 18.4 Å². The average molecular weight is 383 g/mol. The predicted octanol–water partition coefficient (Wildman–Crippen LogP) is 3.59. The van der Waals surface area contributed by atoms with Crippen LogP contribution in [0.1, 0.15) is 36.1 Å². The summed E-state index contributed by atoms with van der Waals surface area (Å²) in [5, 5.41) is 4.98. The summed E-state index contributed by atoms with van der Waals surface area (Å²) in [6.07, 6.45) is 2.70. The number of carbonyl (C=O) groups excluding carboxylic acids is 3. The third-order valence-electron chi connectivity index (χ3n) is 4.86. The van der Waals surface area contributed by atoms with Crippen molar-refractivity contribution >= 4 is 34.9 Å². The first-order valence-corrected chi connectivity index (χ1v) is 10.0. The maximum absolute atomic E-state index is 12.7. The Hall–Kier alpha value is -2.67. The van der Waals surface area contributed by atoms with Gasteiger partial charge in [-0.2, -0.15) is 0 Å². The van der Waals surface area contributed by atoms with Crippen LogP contribution in [-0.2, 0) is 22.7 Å². The molecule has 1 aromatic heterocycles. The number of hydrogen-bond donors (Lipinski definition) is 1. The summed E-state index contributed by atoms with van der Waals surface area (Å²) in [5.74, 6) is -0.239. The van der Waals surface area contributed by atoms with Gasteiger partial charge in [-0.1, -0.05) is 18.2 Å². The highest BCUT2D eigenvalue weighted by atomic mass is 32.1. The van der Waals surface area contributed by atoms with E-state index in [1.54, 1.807) is 11.3 Å². The predicted molar refractivity (Wildman–Crippen MR) is 103 cm³/mol. The van der Waals surface area contributed by atoms with E-state index in [-0.39, 0.29) is 17.8 Å². The first-order chi connectivity index (χ1) is 13.1. The molecule has 7 heteroatoms. The molecule has 6 nitrogen and oxygen atoms in total. The molecule has 1 saturated carbocycles. The van der Waals surface area contributed by atoms with Crippen LogP contribution in [0.3, 0.4) is 0 Å². The number of imide groups is 1. The zero-order valence-electron chi connectivity index (χ0n) is 14.9. The topological polar surface area (TPSA) is 69.7 Å². The van der Waals surface area contributed by atoms with Crippen molar-refractivity contribution in [1.29, 1.82) is 0 Å². The van der Waals surface area contributed by atoms with Crippen molar-refractivity contribution < 1.29 is 14.4 Å². The van der Waals surface area contributed by atoms with E-state index in [4.69, 9.17) is 0 Å². The summed E-state index contributed by atoms with van der Waals surface area (Å²) in [6.45, 7) is 0.921. The Morgan fingerprint density at radius 3 is 2.41 bits per heavy atom. The molecule has 2 aromatic rings. The number of likely N-dealkylation sites (tertiary alicyclic amines) is 1. The SMILES string of the molecule is O=C1CCC(=O)N1Cc1ccc(NC(=O)N(Cc2cccs2)C2CC2)cc1. The zero-order valence-corrected chi connectivity index (χ0v) is 15.7. The number of amides is 4. The lowest BCUT2D eigenvalue weighted by molar-refractivity contribution is -0.139. The number of carbonyl (C=O) groups is 3. The highest BCUT2D eigenvalue weighted by Crippen LogP contribution is 2.30. The molecule has 0 bridgehead atoms. The summed E-state index contributed by atoms with van der Waals surface area (Å²) in [7, 11) is 0. The number of hydrogen-bond acceptors (Lipinski definition) is 4. The van der Waals surface area contributed by atoms with Gasteiger partial charge in [0.25, 0.3) is 0 Å². The average Bonchev–Trinajstić information content (AvgIpc) is 3.28. The van der Waals surface area contributed by atoms with Crippen LogP contribution < -0.4 is 5.32 Å². The second-order valence-corrected chi connectivity index (χ2v) is 7.97. The minimum atomic E-state index is -0.119. The third kappa shape index (κ3) is 4.19. The molecule has 1 aromatic carbocycles. The number of urea groups is 1. The van der Waals surface area contributed by atoms with Gasteiger partial charge in [0.2, 0.25) is 11.8 Å². The van der Waals surface area contributed by atoms with Crippen LogP contribution in [0, 0.1) is 0 Å². The van der Waals surface area contributed by atoms with Crippen molar-refractivity contribution in [1.82, 2.24) is 9.80 Å². The van der Waals surface area contributed by atoms with Gasteiger partial charge in [-0.15, -0.1) is 11.3 Å². The van der Waals surface area contributed by atoms with E-state index in [1.807, 2.05) is 46.7 Å². The fraction of sp³-hybridized carbons (Fsp3) is 0.350. The smallest absolute Gasteiger partial charge is 0.316 e. The molecule has 2 fully saturated rings. The molecule has 1 N–H and O–H groups in total. The Morgan fingerprint density at radius 1 is 1.11 bits per heavy atom. The molecule has 2 aliphatic rings. The maximum atomic E-state index is 12.7. The minimum Gasteiger partial charge on any atom is -0.316 e. The van der Waals surface area contributed by atoms with E-state index in [1.165, 1.54) is 9.78 Å². The van der Waals surface area contributed by atoms with Crippen molar-refractivity contribution in [2.24, 2.45) is 0 Å². The Kier molecular flexibility index (Phi) is 4.94. The lowest BCUT2D eigenvalue weighted by Crippen LogP contribution is -2.36. The van der Waals surface area contributed by atoms with E-state index < -0.39 is 0 Å². The van der Waals surface area contributed by atoms with Crippen LogP contribution in [0.5, 0.6) is 0 Å². The largest absolute Gasteiger partial charge is 0.322 e. The number of thiophene rings is 1. The zero-order chi connectivity index (χ0) is 18.8. The van der Waals surface area contributed by atoms with Crippen LogP contribution in [0.25, 0.3) is 0 Å². The van der Waals surface area contributed by atoms with Crippen molar-refractivity contribution in [2.75, 3.05) is 5.32 Å². The van der Waals surface area contributed by atoms with Crippen LogP contribution in [0.2, 0.25) is 0 Å². The number of nitrogens with one attached hydrogen (secondary N) is 1. The molecule has 1 aliphatic carbocycles. The molecule has 2 heterocycles. The number of benzene rings is 1. The first-order valence-electron chi connectivity index (χ1n) is 9.12. The van der Waals surface area contributed by atoms with Gasteiger partial charge in [0.05, 0.1) is 13.1 Å². The van der Waals surface area contributed by atoms with Gasteiger partial charge in [-0.3, -0.25) is 14.5 Å². The molecule has 140 valence electrons. The van der Waals surface area contributed by atoms with Crippen molar-refractivity contribution in [2.45, 2.75) is 44.8 Å². The lowest BCUT2D eigenvalue weighted by atomic mass is 10.2. The number of anilines is 1. The molecule has 4 amide bonds. The number of rotatable bonds is 6. The Balaban J connectivity index is 1.37. The van der Waals surface area contributed by atoms with Gasteiger partial charge in [0, 0.05) is 29.4 Å². The minimum absolute atomic E-state index is 0.0939. The van der Waals surface area contributed by atoms with Gasteiger partial charge >= 0.3 is 6.03 Å². The standard InChI is InChI=1S/C20H21N3O3S/c24-18-9-10-19(25)23(18)12-14-3-5-15(6-4-14)21-20(26)22(16-7-8-16)13-17-2-1-11-27-17/h1-6,11,16H,7-10,12-13H2,(H,21,26). The Morgan fingerprint density at radius 2 is 1.81 bits per heavy atom. The van der Waals surface area contributed by atoms with E-state index in [2.05, 4.69) is 5.32 Å². The molecule has 0 spiro atoms. The summed E-state index contributed by atoms with van der Waals surface area (Å²) in [5.41, 5.74) is 1.58. The molecule has 0 unspecified atom stereocenters. The molecular formula is C20H21N3O3S. The van der Waals surface area contributed by atoms with Gasteiger partial charge < -0.3 is 10.2 Å². The normalized spacial score (nSPS) is 16.7. The summed E-state index contributed by atoms with van der Waals surface area (Å²) >= 11 is 1.66. The Labute approximate surface area is 161 Å². The molecular weight excluding hydrogens is 362 g/mol. The fourth-order valence-corrected chi connectivity index (χ4v) is 3.90. The lowest BCUT2D eigenvalue weighted by Gasteiger charge is -2.22. The summed E-state index contributed by atoms with van der Waals surface area (Å²) < 4.78 is 0.